The summed E-state index contributed by atoms with van der Waals surface area (Å²) in [6.07, 6.45) is 1.31. The Labute approximate surface area is 158 Å². The van der Waals surface area contributed by atoms with Gasteiger partial charge >= 0.3 is 5.97 Å². The Hall–Kier alpha value is -1.68. The Morgan fingerprint density at radius 2 is 1.93 bits per heavy atom. The van der Waals surface area contributed by atoms with Gasteiger partial charge in [-0.3, -0.25) is 19.2 Å². The first-order valence-electron chi connectivity index (χ1n) is 9.44. The molecule has 1 aliphatic carbocycles. The summed E-state index contributed by atoms with van der Waals surface area (Å²) in [6, 6.07) is -1.75. The van der Waals surface area contributed by atoms with Crippen LogP contribution in [0.5, 0.6) is 0 Å². The van der Waals surface area contributed by atoms with Crippen molar-refractivity contribution in [3.63, 3.8) is 0 Å². The number of carbonyl (C=O) groups is 4. The molecule has 5 atom stereocenters. The zero-order valence-electron chi connectivity index (χ0n) is 16.0. The Morgan fingerprint density at radius 3 is 2.41 bits per heavy atom. The molecule has 0 bridgehead atoms. The van der Waals surface area contributed by atoms with E-state index in [4.69, 9.17) is 21.9 Å². The normalized spacial score (nSPS) is 34.3. The zero-order valence-corrected chi connectivity index (χ0v) is 16.0. The molecule has 1 saturated heterocycles. The van der Waals surface area contributed by atoms with Gasteiger partial charge in [-0.25, -0.2) is 0 Å². The first-order valence-corrected chi connectivity index (χ1v) is 9.44. The number of esters is 1. The molecule has 2 aliphatic rings. The molecule has 1 aliphatic heterocycles. The van der Waals surface area contributed by atoms with Gasteiger partial charge in [-0.2, -0.15) is 0 Å². The summed E-state index contributed by atoms with van der Waals surface area (Å²) in [6.45, 7) is 3.31. The number of hydrogen-bond acceptors (Lipinski definition) is 9. The first kappa shape index (κ1) is 21.6. The van der Waals surface area contributed by atoms with Crippen LogP contribution in [0.25, 0.3) is 0 Å². The number of hydrogen-bond donors (Lipinski definition) is 4. The van der Waals surface area contributed by atoms with Crippen molar-refractivity contribution >= 4 is 23.3 Å². The molecule has 9 nitrogen and oxygen atoms in total. The molecule has 0 aromatic rings. The van der Waals surface area contributed by atoms with Gasteiger partial charge in [-0.15, -0.1) is 0 Å². The molecule has 5 unspecified atom stereocenters. The lowest BCUT2D eigenvalue weighted by atomic mass is 9.58. The Morgan fingerprint density at radius 1 is 1.26 bits per heavy atom. The largest absolute Gasteiger partial charge is 0.465 e. The Balaban J connectivity index is 2.72. The lowest BCUT2D eigenvalue weighted by molar-refractivity contribution is -0.166. The highest BCUT2D eigenvalue weighted by molar-refractivity contribution is 6.19. The third-order valence-electron chi connectivity index (χ3n) is 5.85. The molecule has 7 N–H and O–H groups in total. The van der Waals surface area contributed by atoms with E-state index in [1.807, 2.05) is 0 Å². The molecule has 2 fully saturated rings. The van der Waals surface area contributed by atoms with Crippen LogP contribution in [0.1, 0.15) is 39.5 Å². The highest BCUT2D eigenvalue weighted by Gasteiger charge is 2.73. The van der Waals surface area contributed by atoms with E-state index in [9.17, 15) is 19.2 Å². The summed E-state index contributed by atoms with van der Waals surface area (Å²) in [5.74, 6) is -3.70. The summed E-state index contributed by atoms with van der Waals surface area (Å²) >= 11 is 0. The molecular formula is C18H30N4O5. The number of nitrogens with one attached hydrogen (secondary N) is 1. The number of ether oxygens (including phenoxy) is 1. The number of rotatable bonds is 8. The summed E-state index contributed by atoms with van der Waals surface area (Å²) in [7, 11) is 0. The van der Waals surface area contributed by atoms with Crippen LogP contribution in [-0.4, -0.2) is 60.6 Å². The number of carbonyl (C=O) groups excluding carboxylic acids is 4. The molecule has 0 spiro atoms. The minimum absolute atomic E-state index is 0.0286. The lowest BCUT2D eigenvalue weighted by Gasteiger charge is -2.44. The van der Waals surface area contributed by atoms with E-state index in [2.05, 4.69) is 5.32 Å². The van der Waals surface area contributed by atoms with Crippen LogP contribution in [0.4, 0.5) is 0 Å². The van der Waals surface area contributed by atoms with Gasteiger partial charge in [0.1, 0.15) is 11.0 Å². The maximum absolute atomic E-state index is 13.7. The molecule has 0 aromatic heterocycles. The summed E-state index contributed by atoms with van der Waals surface area (Å²) in [5, 5.41) is 3.05. The highest BCUT2D eigenvalue weighted by Crippen LogP contribution is 2.53. The minimum Gasteiger partial charge on any atom is -0.465 e. The average Bonchev–Trinajstić information content (AvgIpc) is 3.27. The van der Waals surface area contributed by atoms with Gasteiger partial charge in [-0.1, -0.05) is 0 Å². The van der Waals surface area contributed by atoms with E-state index >= 15 is 0 Å². The van der Waals surface area contributed by atoms with Crippen LogP contribution in [0.3, 0.4) is 0 Å². The van der Waals surface area contributed by atoms with Gasteiger partial charge in [0.15, 0.2) is 17.3 Å². The van der Waals surface area contributed by atoms with Crippen LogP contribution in [-0.2, 0) is 23.9 Å². The van der Waals surface area contributed by atoms with E-state index in [-0.39, 0.29) is 26.0 Å². The lowest BCUT2D eigenvalue weighted by Crippen LogP contribution is -2.71. The van der Waals surface area contributed by atoms with Crippen molar-refractivity contribution in [1.29, 1.82) is 0 Å². The summed E-state index contributed by atoms with van der Waals surface area (Å²) < 4.78 is 5.12. The molecule has 1 saturated carbocycles. The molecule has 152 valence electrons. The predicted octanol–water partition coefficient (Wildman–Crippen LogP) is -1.59. The fraction of sp³-hybridized carbons (Fsp3) is 0.778. The van der Waals surface area contributed by atoms with E-state index in [0.29, 0.717) is 13.0 Å². The maximum atomic E-state index is 13.7. The van der Waals surface area contributed by atoms with Gasteiger partial charge < -0.3 is 27.3 Å². The van der Waals surface area contributed by atoms with Gasteiger partial charge in [0.05, 0.1) is 25.2 Å². The average molecular weight is 382 g/mol. The van der Waals surface area contributed by atoms with Crippen molar-refractivity contribution in [2.75, 3.05) is 19.7 Å². The number of ketones is 3. The second-order valence-corrected chi connectivity index (χ2v) is 7.43. The molecule has 2 rings (SSSR count). The predicted molar refractivity (Wildman–Crippen MR) is 97.5 cm³/mol. The van der Waals surface area contributed by atoms with Gasteiger partial charge in [-0.05, 0) is 46.1 Å². The van der Waals surface area contributed by atoms with Gasteiger partial charge in [0.2, 0.25) is 0 Å². The van der Waals surface area contributed by atoms with Crippen molar-refractivity contribution < 1.29 is 23.9 Å². The van der Waals surface area contributed by atoms with Crippen molar-refractivity contribution in [3.8, 4) is 0 Å². The van der Waals surface area contributed by atoms with E-state index < -0.39 is 52.3 Å². The maximum Gasteiger partial charge on any atom is 0.327 e. The second kappa shape index (κ2) is 8.14. The summed E-state index contributed by atoms with van der Waals surface area (Å²) in [5.41, 5.74) is 13.8. The molecule has 9 heteroatoms. The van der Waals surface area contributed by atoms with Crippen molar-refractivity contribution in [1.82, 2.24) is 5.32 Å². The Kier molecular flexibility index (Phi) is 6.51. The topological polar surface area (TPSA) is 168 Å². The van der Waals surface area contributed by atoms with Crippen molar-refractivity contribution in [2.45, 2.75) is 57.2 Å². The number of nitrogens with two attached hydrogens (primary N) is 3. The van der Waals surface area contributed by atoms with Crippen LogP contribution < -0.4 is 22.5 Å². The van der Waals surface area contributed by atoms with E-state index in [0.717, 1.165) is 6.42 Å². The molecule has 0 radical (unpaired) electrons. The molecule has 0 amide bonds. The smallest absolute Gasteiger partial charge is 0.327 e. The van der Waals surface area contributed by atoms with Gasteiger partial charge in [0, 0.05) is 5.92 Å². The Bertz CT molecular complexity index is 631. The number of Topliss-reactive ketones (excluding diaryl/α,β-unsaturated/α-hetero) is 3. The molecular weight excluding hydrogens is 352 g/mol. The monoisotopic (exact) mass is 382 g/mol. The van der Waals surface area contributed by atoms with Crippen LogP contribution in [0.15, 0.2) is 0 Å². The fourth-order valence-corrected chi connectivity index (χ4v) is 4.61. The van der Waals surface area contributed by atoms with E-state index in [1.165, 1.54) is 6.92 Å². The van der Waals surface area contributed by atoms with Crippen molar-refractivity contribution in [3.05, 3.63) is 0 Å². The van der Waals surface area contributed by atoms with Crippen LogP contribution in [0, 0.1) is 11.3 Å². The van der Waals surface area contributed by atoms with Crippen LogP contribution >= 0.6 is 0 Å². The minimum atomic E-state index is -2.08. The van der Waals surface area contributed by atoms with Crippen LogP contribution in [0.2, 0.25) is 0 Å². The highest BCUT2D eigenvalue weighted by atomic mass is 16.5. The molecule has 27 heavy (non-hydrogen) atoms. The molecule has 1 heterocycles. The van der Waals surface area contributed by atoms with Crippen molar-refractivity contribution in [2.24, 2.45) is 28.5 Å². The second-order valence-electron chi connectivity index (χ2n) is 7.43. The zero-order chi connectivity index (χ0) is 20.4. The fourth-order valence-electron chi connectivity index (χ4n) is 4.61. The third kappa shape index (κ3) is 3.22. The first-order chi connectivity index (χ1) is 12.7. The van der Waals surface area contributed by atoms with E-state index in [1.54, 1.807) is 6.92 Å². The summed E-state index contributed by atoms with van der Waals surface area (Å²) in [4.78, 5) is 52.5. The van der Waals surface area contributed by atoms with Gasteiger partial charge in [0.25, 0.3) is 0 Å². The quantitative estimate of drug-likeness (QED) is 0.286. The SMILES string of the molecule is CCOC(=O)C1(N)CCC(C(=O)CN)C1(C(=O)C(C)N)C(=O)C1CCCN1. The standard InChI is InChI=1S/C18H30N4O5/c1-3-27-16(26)17(21)7-6-11(13(23)9-19)18(17,14(24)10(2)20)15(25)12-5-4-8-22-12/h10-12,22H,3-9,19-21H2,1-2H3. The third-order valence-corrected chi connectivity index (χ3v) is 5.85. The molecule has 0 aromatic carbocycles.